The van der Waals surface area contributed by atoms with Crippen LogP contribution in [-0.2, 0) is 6.42 Å². The first-order valence-corrected chi connectivity index (χ1v) is 5.72. The lowest BCUT2D eigenvalue weighted by atomic mass is 10.1. The van der Waals surface area contributed by atoms with Crippen molar-refractivity contribution in [3.05, 3.63) is 29.3 Å². The smallest absolute Gasteiger partial charge is 0.122 e. The molecule has 16 heavy (non-hydrogen) atoms. The maximum absolute atomic E-state index is 6.01. The number of benzene rings is 1. The molecule has 0 fully saturated rings. The second kappa shape index (κ2) is 5.05. The zero-order chi connectivity index (χ0) is 11.4. The second-order valence-corrected chi connectivity index (χ2v) is 3.99. The number of fused-ring (bicyclic) bond motifs is 1. The van der Waals surface area contributed by atoms with Gasteiger partial charge in [-0.3, -0.25) is 0 Å². The minimum atomic E-state index is 0.189. The Morgan fingerprint density at radius 3 is 3.19 bits per heavy atom. The van der Waals surface area contributed by atoms with Crippen LogP contribution >= 0.6 is 0 Å². The fourth-order valence-corrected chi connectivity index (χ4v) is 2.13. The topological polar surface area (TPSA) is 35.2 Å². The van der Waals surface area contributed by atoms with Gasteiger partial charge in [0, 0.05) is 12.5 Å². The van der Waals surface area contributed by atoms with E-state index in [0.717, 1.165) is 25.0 Å². The van der Waals surface area contributed by atoms with Crippen LogP contribution in [0.3, 0.4) is 0 Å². The molecule has 1 aromatic rings. The molecule has 2 N–H and O–H groups in total. The summed E-state index contributed by atoms with van der Waals surface area (Å²) in [6, 6.07) is 6.33. The summed E-state index contributed by atoms with van der Waals surface area (Å²) in [7, 11) is 0. The maximum Gasteiger partial charge on any atom is 0.122 e. The fourth-order valence-electron chi connectivity index (χ4n) is 2.13. The van der Waals surface area contributed by atoms with E-state index in [9.17, 15) is 0 Å². The van der Waals surface area contributed by atoms with Crippen LogP contribution in [0.2, 0.25) is 0 Å². The fraction of sp³-hybridized carbons (Fsp3) is 0.429. The average molecular weight is 215 g/mol. The number of hydrogen-bond donors (Lipinski definition) is 1. The summed E-state index contributed by atoms with van der Waals surface area (Å²) < 4.78 is 5.74. The van der Waals surface area contributed by atoms with Gasteiger partial charge in [-0.1, -0.05) is 12.1 Å². The molecule has 1 aliphatic carbocycles. The Labute approximate surface area is 96.8 Å². The van der Waals surface area contributed by atoms with E-state index in [2.05, 4.69) is 17.9 Å². The third-order valence-corrected chi connectivity index (χ3v) is 2.94. The third kappa shape index (κ3) is 2.20. The largest absolute Gasteiger partial charge is 0.492 e. The quantitative estimate of drug-likeness (QED) is 0.621. The summed E-state index contributed by atoms with van der Waals surface area (Å²) >= 11 is 0. The van der Waals surface area contributed by atoms with Crippen LogP contribution in [0.4, 0.5) is 0 Å². The van der Waals surface area contributed by atoms with Crippen molar-refractivity contribution >= 4 is 0 Å². The van der Waals surface area contributed by atoms with E-state index in [-0.39, 0.29) is 6.04 Å². The van der Waals surface area contributed by atoms with Gasteiger partial charge in [0.25, 0.3) is 0 Å². The highest BCUT2D eigenvalue weighted by Crippen LogP contribution is 2.35. The zero-order valence-corrected chi connectivity index (χ0v) is 9.62. The molecular formula is C14H17NO. The molecular weight excluding hydrogens is 198 g/mol. The van der Waals surface area contributed by atoms with E-state index >= 15 is 0 Å². The first-order valence-electron chi connectivity index (χ1n) is 5.72. The zero-order valence-electron chi connectivity index (χ0n) is 9.62. The van der Waals surface area contributed by atoms with Crippen LogP contribution in [0, 0.1) is 11.8 Å². The Morgan fingerprint density at radius 2 is 2.38 bits per heavy atom. The van der Waals surface area contributed by atoms with Crippen molar-refractivity contribution in [3.8, 4) is 17.6 Å². The minimum absolute atomic E-state index is 0.189. The van der Waals surface area contributed by atoms with Crippen molar-refractivity contribution in [2.45, 2.75) is 32.2 Å². The predicted molar refractivity (Wildman–Crippen MR) is 65.3 cm³/mol. The SMILES string of the molecule is CC#CCCOc1cccc2c1CCC2N. The van der Waals surface area contributed by atoms with Crippen LogP contribution in [0.1, 0.15) is 36.9 Å². The van der Waals surface area contributed by atoms with Gasteiger partial charge < -0.3 is 10.5 Å². The van der Waals surface area contributed by atoms with E-state index in [1.54, 1.807) is 0 Å². The highest BCUT2D eigenvalue weighted by molar-refractivity contribution is 5.44. The van der Waals surface area contributed by atoms with Crippen molar-refractivity contribution in [1.82, 2.24) is 0 Å². The molecule has 2 nitrogen and oxygen atoms in total. The Balaban J connectivity index is 2.07. The predicted octanol–water partition coefficient (Wildman–Crippen LogP) is 2.42. The van der Waals surface area contributed by atoms with Crippen molar-refractivity contribution in [1.29, 1.82) is 0 Å². The molecule has 84 valence electrons. The molecule has 0 radical (unpaired) electrons. The maximum atomic E-state index is 6.01. The van der Waals surface area contributed by atoms with Crippen LogP contribution in [0.5, 0.6) is 5.75 Å². The van der Waals surface area contributed by atoms with Gasteiger partial charge in [-0.25, -0.2) is 0 Å². The number of nitrogens with two attached hydrogens (primary N) is 1. The molecule has 1 unspecified atom stereocenters. The van der Waals surface area contributed by atoms with Crippen molar-refractivity contribution in [3.63, 3.8) is 0 Å². The molecule has 0 bridgehead atoms. The molecule has 1 atom stereocenters. The number of ether oxygens (including phenoxy) is 1. The van der Waals surface area contributed by atoms with Crippen molar-refractivity contribution in [2.24, 2.45) is 5.73 Å². The lowest BCUT2D eigenvalue weighted by molar-refractivity contribution is 0.324. The highest BCUT2D eigenvalue weighted by Gasteiger charge is 2.21. The first-order chi connectivity index (χ1) is 7.83. The first kappa shape index (κ1) is 11.0. The standard InChI is InChI=1S/C14H17NO/c1-2-3-4-10-16-14-7-5-6-11-12(14)8-9-13(11)15/h5-7,13H,4,8-10,15H2,1H3. The summed E-state index contributed by atoms with van der Waals surface area (Å²) in [6.45, 7) is 2.51. The minimum Gasteiger partial charge on any atom is -0.492 e. The monoisotopic (exact) mass is 215 g/mol. The highest BCUT2D eigenvalue weighted by atomic mass is 16.5. The van der Waals surface area contributed by atoms with Crippen molar-refractivity contribution < 1.29 is 4.74 Å². The lowest BCUT2D eigenvalue weighted by Gasteiger charge is -2.10. The van der Waals surface area contributed by atoms with E-state index < -0.39 is 0 Å². The Kier molecular flexibility index (Phi) is 3.48. The van der Waals surface area contributed by atoms with Gasteiger partial charge in [-0.15, -0.1) is 11.8 Å². The van der Waals surface area contributed by atoms with E-state index in [1.807, 2.05) is 19.1 Å². The van der Waals surface area contributed by atoms with Crippen LogP contribution in [-0.4, -0.2) is 6.61 Å². The summed E-state index contributed by atoms with van der Waals surface area (Å²) in [5.74, 6) is 6.85. The summed E-state index contributed by atoms with van der Waals surface area (Å²) in [4.78, 5) is 0. The van der Waals surface area contributed by atoms with Gasteiger partial charge in [0.2, 0.25) is 0 Å². The molecule has 0 spiro atoms. The molecule has 0 amide bonds. The van der Waals surface area contributed by atoms with Gasteiger partial charge in [-0.2, -0.15) is 0 Å². The third-order valence-electron chi connectivity index (χ3n) is 2.94. The Hall–Kier alpha value is -1.46. The van der Waals surface area contributed by atoms with E-state index in [0.29, 0.717) is 6.61 Å². The van der Waals surface area contributed by atoms with Gasteiger partial charge in [0.1, 0.15) is 5.75 Å². The summed E-state index contributed by atoms with van der Waals surface area (Å²) in [5.41, 5.74) is 8.55. The molecule has 0 heterocycles. The summed E-state index contributed by atoms with van der Waals surface area (Å²) in [5, 5.41) is 0. The van der Waals surface area contributed by atoms with Crippen LogP contribution in [0.15, 0.2) is 18.2 Å². The molecule has 2 rings (SSSR count). The molecule has 0 saturated carbocycles. The Morgan fingerprint density at radius 1 is 1.50 bits per heavy atom. The van der Waals surface area contributed by atoms with Gasteiger partial charge in [0.15, 0.2) is 0 Å². The molecule has 0 aromatic heterocycles. The number of hydrogen-bond acceptors (Lipinski definition) is 2. The normalized spacial score (nSPS) is 17.5. The average Bonchev–Trinajstić information content (AvgIpc) is 2.68. The van der Waals surface area contributed by atoms with Gasteiger partial charge >= 0.3 is 0 Å². The van der Waals surface area contributed by atoms with Crippen molar-refractivity contribution in [2.75, 3.05) is 6.61 Å². The van der Waals surface area contributed by atoms with E-state index in [4.69, 9.17) is 10.5 Å². The number of rotatable bonds is 3. The molecule has 0 saturated heterocycles. The molecule has 2 heteroatoms. The molecule has 1 aliphatic rings. The van der Waals surface area contributed by atoms with Crippen LogP contribution < -0.4 is 10.5 Å². The molecule has 0 aliphatic heterocycles. The lowest BCUT2D eigenvalue weighted by Crippen LogP contribution is -2.05. The van der Waals surface area contributed by atoms with E-state index in [1.165, 1.54) is 11.1 Å². The molecule has 1 aromatic carbocycles. The van der Waals surface area contributed by atoms with Gasteiger partial charge in [0.05, 0.1) is 6.61 Å². The Bertz CT molecular complexity index is 428. The van der Waals surface area contributed by atoms with Gasteiger partial charge in [-0.05, 0) is 37.0 Å². The van der Waals surface area contributed by atoms with Crippen LogP contribution in [0.25, 0.3) is 0 Å². The summed E-state index contributed by atoms with van der Waals surface area (Å²) in [6.07, 6.45) is 2.85. The second-order valence-electron chi connectivity index (χ2n) is 3.99.